The van der Waals surface area contributed by atoms with Crippen molar-refractivity contribution in [3.05, 3.63) is 12.7 Å². The van der Waals surface area contributed by atoms with Gasteiger partial charge in [-0.3, -0.25) is 0 Å². The lowest BCUT2D eigenvalue weighted by Crippen LogP contribution is -2.24. The lowest BCUT2D eigenvalue weighted by Gasteiger charge is -2.22. The van der Waals surface area contributed by atoms with Crippen molar-refractivity contribution in [1.29, 1.82) is 0 Å². The third kappa shape index (κ3) is 2.12. The van der Waals surface area contributed by atoms with E-state index in [9.17, 15) is 10.2 Å². The zero-order chi connectivity index (χ0) is 14.1. The molecule has 3 rings (SSSR count). The van der Waals surface area contributed by atoms with E-state index >= 15 is 0 Å². The molecular weight excluding hydrogens is 258 g/mol. The van der Waals surface area contributed by atoms with Crippen LogP contribution in [0.25, 0.3) is 11.2 Å². The van der Waals surface area contributed by atoms with Gasteiger partial charge >= 0.3 is 0 Å². The average Bonchev–Trinajstić information content (AvgIpc) is 3.04. The molecule has 0 unspecified atom stereocenters. The first-order chi connectivity index (χ1) is 9.74. The number of aliphatic hydroxyl groups is 2. The molecule has 108 valence electrons. The zero-order valence-corrected chi connectivity index (χ0v) is 11.2. The Balaban J connectivity index is 1.85. The maximum absolute atomic E-state index is 9.54. The molecule has 0 aromatic carbocycles. The monoisotopic (exact) mass is 277 g/mol. The number of anilines is 1. The number of hydrogen-bond acceptors (Lipinski definition) is 6. The van der Waals surface area contributed by atoms with Gasteiger partial charge in [-0.05, 0) is 30.6 Å². The van der Waals surface area contributed by atoms with Crippen molar-refractivity contribution in [2.45, 2.75) is 19.4 Å². The van der Waals surface area contributed by atoms with Gasteiger partial charge in [0, 0.05) is 19.8 Å². The smallest absolute Gasteiger partial charge is 0.165 e. The molecule has 0 spiro atoms. The highest BCUT2D eigenvalue weighted by atomic mass is 16.3. The number of nitrogen functional groups attached to an aromatic ring is 1. The Morgan fingerprint density at radius 2 is 1.95 bits per heavy atom. The summed E-state index contributed by atoms with van der Waals surface area (Å²) >= 11 is 0. The second-order valence-corrected chi connectivity index (χ2v) is 5.45. The van der Waals surface area contributed by atoms with Gasteiger partial charge in [0.1, 0.15) is 11.8 Å². The van der Waals surface area contributed by atoms with Gasteiger partial charge in [-0.1, -0.05) is 0 Å². The van der Waals surface area contributed by atoms with Crippen molar-refractivity contribution >= 4 is 17.0 Å². The molecule has 0 bridgehead atoms. The summed E-state index contributed by atoms with van der Waals surface area (Å²) in [5, 5.41) is 18.9. The van der Waals surface area contributed by atoms with E-state index in [0.29, 0.717) is 17.3 Å². The third-order valence-corrected chi connectivity index (χ3v) is 4.43. The first-order valence-corrected chi connectivity index (χ1v) is 6.87. The molecule has 3 atom stereocenters. The Morgan fingerprint density at radius 1 is 1.15 bits per heavy atom. The number of nitrogens with two attached hydrogens (primary N) is 1. The predicted molar refractivity (Wildman–Crippen MR) is 73.6 cm³/mol. The fourth-order valence-corrected chi connectivity index (χ4v) is 3.28. The lowest BCUT2D eigenvalue weighted by molar-refractivity contribution is 0.113. The second-order valence-electron chi connectivity index (χ2n) is 5.45. The van der Waals surface area contributed by atoms with E-state index in [1.54, 1.807) is 6.33 Å². The maximum Gasteiger partial charge on any atom is 0.165 e. The number of rotatable bonds is 4. The Kier molecular flexibility index (Phi) is 3.54. The molecule has 20 heavy (non-hydrogen) atoms. The molecule has 4 N–H and O–H groups in total. The molecule has 2 aromatic rings. The number of imidazole rings is 1. The SMILES string of the molecule is Nc1ncnc2c1ncn2C[C@H]1CC[C@H](CO)[C@H]1CO. The Bertz CT molecular complexity index is 599. The minimum atomic E-state index is 0.111. The minimum Gasteiger partial charge on any atom is -0.396 e. The fraction of sp³-hybridized carbons (Fsp3) is 0.615. The van der Waals surface area contributed by atoms with Gasteiger partial charge in [-0.15, -0.1) is 0 Å². The van der Waals surface area contributed by atoms with Crippen LogP contribution in [0.2, 0.25) is 0 Å². The van der Waals surface area contributed by atoms with Crippen LogP contribution in [0.1, 0.15) is 12.8 Å². The number of aliphatic hydroxyl groups excluding tert-OH is 2. The first kappa shape index (κ1) is 13.3. The molecule has 1 saturated carbocycles. The molecule has 0 saturated heterocycles. The molecule has 2 heterocycles. The van der Waals surface area contributed by atoms with Crippen LogP contribution in [-0.4, -0.2) is 42.9 Å². The summed E-state index contributed by atoms with van der Waals surface area (Å²) < 4.78 is 1.96. The van der Waals surface area contributed by atoms with Gasteiger partial charge in [0.15, 0.2) is 11.5 Å². The molecule has 1 aliphatic carbocycles. The molecule has 0 aliphatic heterocycles. The van der Waals surface area contributed by atoms with Gasteiger partial charge in [-0.25, -0.2) is 15.0 Å². The van der Waals surface area contributed by atoms with Gasteiger partial charge in [0.2, 0.25) is 0 Å². The first-order valence-electron chi connectivity index (χ1n) is 6.87. The van der Waals surface area contributed by atoms with Crippen LogP contribution in [0.4, 0.5) is 5.82 Å². The zero-order valence-electron chi connectivity index (χ0n) is 11.2. The van der Waals surface area contributed by atoms with E-state index in [2.05, 4.69) is 15.0 Å². The van der Waals surface area contributed by atoms with Crippen LogP contribution in [0, 0.1) is 17.8 Å². The van der Waals surface area contributed by atoms with E-state index in [0.717, 1.165) is 25.0 Å². The standard InChI is InChI=1S/C13H19N5O2/c14-12-11-13(16-6-15-12)18(7-17-11)3-8-1-2-9(4-19)10(8)5-20/h6-10,19-20H,1-5H2,(H2,14,15,16)/t8-,9-,10+/m1/s1. The fourth-order valence-electron chi connectivity index (χ4n) is 3.28. The Hall–Kier alpha value is -1.73. The summed E-state index contributed by atoms with van der Waals surface area (Å²) in [6.45, 7) is 0.982. The highest BCUT2D eigenvalue weighted by Gasteiger charge is 2.35. The summed E-state index contributed by atoms with van der Waals surface area (Å²) in [4.78, 5) is 12.4. The van der Waals surface area contributed by atoms with Gasteiger partial charge in [0.25, 0.3) is 0 Å². The molecule has 0 radical (unpaired) electrons. The Labute approximate surface area is 116 Å². The second kappa shape index (κ2) is 5.34. The predicted octanol–water partition coefficient (Wildman–Crippen LogP) is 0.0355. The van der Waals surface area contributed by atoms with Crippen LogP contribution in [-0.2, 0) is 6.54 Å². The molecule has 7 heteroatoms. The summed E-state index contributed by atoms with van der Waals surface area (Å²) in [5.74, 6) is 1.04. The number of hydrogen-bond donors (Lipinski definition) is 3. The summed E-state index contributed by atoms with van der Waals surface area (Å²) in [7, 11) is 0. The van der Waals surface area contributed by atoms with Crippen LogP contribution in [0.3, 0.4) is 0 Å². The summed E-state index contributed by atoms with van der Waals surface area (Å²) in [6, 6.07) is 0. The number of fused-ring (bicyclic) bond motifs is 1. The number of aromatic nitrogens is 4. The molecule has 1 aliphatic rings. The van der Waals surface area contributed by atoms with Crippen LogP contribution in [0.15, 0.2) is 12.7 Å². The molecule has 1 fully saturated rings. The van der Waals surface area contributed by atoms with Crippen molar-refractivity contribution in [1.82, 2.24) is 19.5 Å². The van der Waals surface area contributed by atoms with Crippen molar-refractivity contribution in [2.24, 2.45) is 17.8 Å². The Morgan fingerprint density at radius 3 is 2.70 bits per heavy atom. The van der Waals surface area contributed by atoms with Crippen molar-refractivity contribution < 1.29 is 10.2 Å². The topological polar surface area (TPSA) is 110 Å². The van der Waals surface area contributed by atoms with E-state index in [4.69, 9.17) is 5.73 Å². The molecule has 0 amide bonds. The normalized spacial score (nSPS) is 26.4. The average molecular weight is 277 g/mol. The van der Waals surface area contributed by atoms with E-state index in [1.165, 1.54) is 6.33 Å². The summed E-state index contributed by atoms with van der Waals surface area (Å²) in [5.41, 5.74) is 7.11. The summed E-state index contributed by atoms with van der Waals surface area (Å²) in [6.07, 6.45) is 5.10. The van der Waals surface area contributed by atoms with Gasteiger partial charge in [0.05, 0.1) is 6.33 Å². The minimum absolute atomic E-state index is 0.111. The van der Waals surface area contributed by atoms with E-state index in [1.807, 2.05) is 4.57 Å². The molecular formula is C13H19N5O2. The largest absolute Gasteiger partial charge is 0.396 e. The third-order valence-electron chi connectivity index (χ3n) is 4.43. The molecule has 7 nitrogen and oxygen atoms in total. The van der Waals surface area contributed by atoms with Crippen LogP contribution >= 0.6 is 0 Å². The van der Waals surface area contributed by atoms with Gasteiger partial charge in [-0.2, -0.15) is 0 Å². The van der Waals surface area contributed by atoms with Gasteiger partial charge < -0.3 is 20.5 Å². The van der Waals surface area contributed by atoms with Crippen LogP contribution in [0.5, 0.6) is 0 Å². The van der Waals surface area contributed by atoms with Crippen LogP contribution < -0.4 is 5.73 Å². The quantitative estimate of drug-likeness (QED) is 0.727. The van der Waals surface area contributed by atoms with Crippen molar-refractivity contribution in [3.63, 3.8) is 0 Å². The van der Waals surface area contributed by atoms with E-state index < -0.39 is 0 Å². The highest BCUT2D eigenvalue weighted by Crippen LogP contribution is 2.37. The van der Waals surface area contributed by atoms with Crippen molar-refractivity contribution in [2.75, 3.05) is 18.9 Å². The highest BCUT2D eigenvalue weighted by molar-refractivity contribution is 5.81. The maximum atomic E-state index is 9.54. The van der Waals surface area contributed by atoms with Crippen molar-refractivity contribution in [3.8, 4) is 0 Å². The lowest BCUT2D eigenvalue weighted by atomic mass is 9.90. The molecule has 2 aromatic heterocycles. The number of nitrogens with zero attached hydrogens (tertiary/aromatic N) is 4. The van der Waals surface area contributed by atoms with E-state index in [-0.39, 0.29) is 25.0 Å².